The van der Waals surface area contributed by atoms with Crippen molar-refractivity contribution >= 4 is 22.5 Å². The van der Waals surface area contributed by atoms with Crippen LogP contribution in [0.15, 0.2) is 48.5 Å². The van der Waals surface area contributed by atoms with E-state index in [-0.39, 0.29) is 11.8 Å². The Morgan fingerprint density at radius 3 is 2.54 bits per heavy atom. The minimum absolute atomic E-state index is 0.158. The molecule has 0 N–H and O–H groups in total. The van der Waals surface area contributed by atoms with Crippen molar-refractivity contribution in [2.75, 3.05) is 32.1 Å². The average molecular weight is 473 g/mol. The second kappa shape index (κ2) is 10.5. The molecule has 35 heavy (non-hydrogen) atoms. The number of ketones is 1. The summed E-state index contributed by atoms with van der Waals surface area (Å²) in [4.78, 5) is 23.3. The Morgan fingerprint density at radius 2 is 1.71 bits per heavy atom. The van der Waals surface area contributed by atoms with Crippen LogP contribution in [-0.2, 0) is 11.8 Å². The number of carbonyl (C=O) groups is 1. The number of hydrogen-bond acceptors (Lipinski definition) is 4. The summed E-state index contributed by atoms with van der Waals surface area (Å²) in [6.07, 6.45) is 9.12. The van der Waals surface area contributed by atoms with Crippen molar-refractivity contribution in [1.82, 2.24) is 14.5 Å². The number of Topliss-reactive ketones (excluding diaryl/α,β-unsaturated/α-hetero) is 1. The summed E-state index contributed by atoms with van der Waals surface area (Å²) in [7, 11) is 6.45. The first kappa shape index (κ1) is 24.1. The number of piperidine rings is 1. The van der Waals surface area contributed by atoms with Gasteiger partial charge in [-0.15, -0.1) is 0 Å². The monoisotopic (exact) mass is 472 g/mol. The molecular formula is C30H40N4O. The van der Waals surface area contributed by atoms with Crippen LogP contribution in [0.1, 0.15) is 51.4 Å². The van der Waals surface area contributed by atoms with Crippen molar-refractivity contribution in [3.8, 4) is 11.4 Å². The predicted octanol–water partition coefficient (Wildman–Crippen LogP) is 5.93. The Bertz CT molecular complexity index is 1170. The quantitative estimate of drug-likeness (QED) is 0.462. The maximum atomic E-state index is 13.7. The van der Waals surface area contributed by atoms with Gasteiger partial charge in [-0.1, -0.05) is 37.1 Å². The summed E-state index contributed by atoms with van der Waals surface area (Å²) < 4.78 is 2.17. The van der Waals surface area contributed by atoms with E-state index < -0.39 is 0 Å². The summed E-state index contributed by atoms with van der Waals surface area (Å²) in [5.74, 6) is 1.92. The molecule has 5 rings (SSSR count). The number of aryl methyl sites for hydroxylation is 1. The zero-order valence-electron chi connectivity index (χ0n) is 21.6. The first-order chi connectivity index (χ1) is 17.0. The van der Waals surface area contributed by atoms with Crippen LogP contribution in [0.5, 0.6) is 0 Å². The summed E-state index contributed by atoms with van der Waals surface area (Å²) in [6, 6.07) is 17.6. The highest BCUT2D eigenvalue weighted by molar-refractivity contribution is 5.84. The molecular weight excluding hydrogens is 432 g/mol. The number of aromatic nitrogens is 2. The zero-order valence-corrected chi connectivity index (χ0v) is 21.6. The minimum Gasteiger partial charge on any atom is -0.371 e. The normalized spacial score (nSPS) is 23.9. The number of carbonyl (C=O) groups excluding carboxylic acids is 1. The fourth-order valence-electron chi connectivity index (χ4n) is 6.28. The Morgan fingerprint density at radius 1 is 0.914 bits per heavy atom. The molecule has 5 nitrogen and oxygen atoms in total. The Labute approximate surface area is 210 Å². The van der Waals surface area contributed by atoms with Gasteiger partial charge in [0.1, 0.15) is 11.6 Å². The standard InChI is InChI=1S/C30H40N4O/c1-32(2)25-13-5-4-10-22(17-18-25)29(35)24-12-9-19-34(21-24)26-14-8-11-23(20-26)30-31-27-15-6-7-16-28(27)33(30)3/h6-8,11,14-16,20,22,24-25H,4-5,9-10,12-13,17-19,21H2,1-3H3/t22?,24-,25?/m1/s1. The summed E-state index contributed by atoms with van der Waals surface area (Å²) in [6.45, 7) is 1.86. The van der Waals surface area contributed by atoms with Gasteiger partial charge in [0, 0.05) is 49.3 Å². The van der Waals surface area contributed by atoms with Crippen molar-refractivity contribution < 1.29 is 4.79 Å². The van der Waals surface area contributed by atoms with Crippen molar-refractivity contribution in [2.45, 2.75) is 57.4 Å². The second-order valence-electron chi connectivity index (χ2n) is 10.9. The number of nitrogens with zero attached hydrogens (tertiary/aromatic N) is 4. The van der Waals surface area contributed by atoms with E-state index in [1.807, 2.05) is 6.07 Å². The average Bonchev–Trinajstić information content (AvgIpc) is 3.20. The highest BCUT2D eigenvalue weighted by Gasteiger charge is 2.32. The summed E-state index contributed by atoms with van der Waals surface area (Å²) in [5, 5.41) is 0. The molecule has 2 aromatic carbocycles. The third-order valence-corrected chi connectivity index (χ3v) is 8.40. The number of anilines is 1. The highest BCUT2D eigenvalue weighted by atomic mass is 16.1. The van der Waals surface area contributed by atoms with Crippen LogP contribution in [0.25, 0.3) is 22.4 Å². The molecule has 1 aromatic heterocycles. The lowest BCUT2D eigenvalue weighted by atomic mass is 9.79. The molecule has 1 aliphatic heterocycles. The van der Waals surface area contributed by atoms with Gasteiger partial charge in [-0.25, -0.2) is 4.98 Å². The molecule has 0 amide bonds. The number of benzene rings is 2. The molecule has 0 bridgehead atoms. The molecule has 2 heterocycles. The topological polar surface area (TPSA) is 41.4 Å². The van der Waals surface area contributed by atoms with Crippen LogP contribution in [0, 0.1) is 11.8 Å². The van der Waals surface area contributed by atoms with E-state index in [2.05, 4.69) is 78.0 Å². The minimum atomic E-state index is 0.158. The van der Waals surface area contributed by atoms with E-state index >= 15 is 0 Å². The number of fused-ring (bicyclic) bond motifs is 1. The van der Waals surface area contributed by atoms with Gasteiger partial charge in [0.25, 0.3) is 0 Å². The largest absolute Gasteiger partial charge is 0.371 e. The van der Waals surface area contributed by atoms with Crippen LogP contribution in [0.4, 0.5) is 5.69 Å². The second-order valence-corrected chi connectivity index (χ2v) is 10.9. The van der Waals surface area contributed by atoms with Crippen molar-refractivity contribution in [3.63, 3.8) is 0 Å². The molecule has 0 radical (unpaired) electrons. The van der Waals surface area contributed by atoms with Crippen LogP contribution in [0.2, 0.25) is 0 Å². The predicted molar refractivity (Wildman–Crippen MR) is 145 cm³/mol. The molecule has 3 atom stereocenters. The number of hydrogen-bond donors (Lipinski definition) is 0. The molecule has 186 valence electrons. The van der Waals surface area contributed by atoms with E-state index in [1.54, 1.807) is 0 Å². The first-order valence-corrected chi connectivity index (χ1v) is 13.5. The molecule has 0 spiro atoms. The van der Waals surface area contributed by atoms with Crippen LogP contribution in [0.3, 0.4) is 0 Å². The fourth-order valence-corrected chi connectivity index (χ4v) is 6.28. The highest BCUT2D eigenvalue weighted by Crippen LogP contribution is 2.33. The SMILES string of the molecule is CN(C)C1CCCCC(C(=O)[C@@H]2CCCN(c3cccc(-c4nc5ccccc5n4C)c3)C2)CC1. The number of para-hydroxylation sites is 2. The summed E-state index contributed by atoms with van der Waals surface area (Å²) in [5.41, 5.74) is 4.50. The van der Waals surface area contributed by atoms with Crippen molar-refractivity contribution in [1.29, 1.82) is 0 Å². The van der Waals surface area contributed by atoms with E-state index in [0.717, 1.165) is 67.6 Å². The smallest absolute Gasteiger partial charge is 0.140 e. The van der Waals surface area contributed by atoms with Crippen LogP contribution < -0.4 is 4.90 Å². The number of imidazole rings is 1. The van der Waals surface area contributed by atoms with E-state index in [9.17, 15) is 4.79 Å². The molecule has 1 saturated heterocycles. The van der Waals surface area contributed by atoms with E-state index in [0.29, 0.717) is 11.8 Å². The lowest BCUT2D eigenvalue weighted by Gasteiger charge is -2.36. The Balaban J connectivity index is 1.31. The third-order valence-electron chi connectivity index (χ3n) is 8.40. The molecule has 2 fully saturated rings. The maximum Gasteiger partial charge on any atom is 0.140 e. The van der Waals surface area contributed by atoms with Gasteiger partial charge in [0.15, 0.2) is 0 Å². The van der Waals surface area contributed by atoms with Crippen LogP contribution in [-0.4, -0.2) is 53.5 Å². The molecule has 2 aliphatic rings. The van der Waals surface area contributed by atoms with Gasteiger partial charge in [-0.05, 0) is 76.9 Å². The maximum absolute atomic E-state index is 13.7. The molecule has 5 heteroatoms. The zero-order chi connectivity index (χ0) is 24.4. The van der Waals surface area contributed by atoms with Gasteiger partial charge >= 0.3 is 0 Å². The molecule has 2 unspecified atom stereocenters. The van der Waals surface area contributed by atoms with Gasteiger partial charge in [0.05, 0.1) is 11.0 Å². The lowest BCUT2D eigenvalue weighted by Crippen LogP contribution is -2.41. The van der Waals surface area contributed by atoms with Crippen molar-refractivity contribution in [3.05, 3.63) is 48.5 Å². The Hall–Kier alpha value is -2.66. The van der Waals surface area contributed by atoms with Gasteiger partial charge in [-0.3, -0.25) is 4.79 Å². The van der Waals surface area contributed by atoms with Gasteiger partial charge in [-0.2, -0.15) is 0 Å². The number of rotatable bonds is 5. The molecule has 3 aromatic rings. The van der Waals surface area contributed by atoms with Crippen LogP contribution >= 0.6 is 0 Å². The third kappa shape index (κ3) is 5.16. The molecule has 1 saturated carbocycles. The fraction of sp³-hybridized carbons (Fsp3) is 0.533. The lowest BCUT2D eigenvalue weighted by molar-refractivity contribution is -0.127. The van der Waals surface area contributed by atoms with Crippen molar-refractivity contribution in [2.24, 2.45) is 18.9 Å². The van der Waals surface area contributed by atoms with Gasteiger partial charge in [0.2, 0.25) is 0 Å². The Kier molecular flexibility index (Phi) is 7.24. The van der Waals surface area contributed by atoms with E-state index in [4.69, 9.17) is 4.98 Å². The first-order valence-electron chi connectivity index (χ1n) is 13.5. The molecule has 1 aliphatic carbocycles. The summed E-state index contributed by atoms with van der Waals surface area (Å²) >= 11 is 0. The van der Waals surface area contributed by atoms with E-state index in [1.165, 1.54) is 24.9 Å². The van der Waals surface area contributed by atoms with Gasteiger partial charge < -0.3 is 14.4 Å².